The average molecular weight is 494 g/mol. The van der Waals surface area contributed by atoms with Crippen LogP contribution in [0.3, 0.4) is 0 Å². The van der Waals surface area contributed by atoms with Crippen LogP contribution in [0.5, 0.6) is 0 Å². The number of hydrogen-bond donors (Lipinski definition) is 1. The number of rotatable bonds is 4. The highest BCUT2D eigenvalue weighted by Gasteiger charge is 2.42. The number of nitrogens with zero attached hydrogens (tertiary/aromatic N) is 4. The largest absolute Gasteiger partial charge is 0.353 e. The number of fused-ring (bicyclic) bond motifs is 1. The molecular weight excluding hydrogens is 466 g/mol. The van der Waals surface area contributed by atoms with Crippen molar-refractivity contribution in [1.82, 2.24) is 19.4 Å². The topological polar surface area (TPSA) is 105 Å². The van der Waals surface area contributed by atoms with Crippen molar-refractivity contribution in [3.05, 3.63) is 71.0 Å². The van der Waals surface area contributed by atoms with E-state index in [-0.39, 0.29) is 29.8 Å². The first-order chi connectivity index (χ1) is 16.7. The van der Waals surface area contributed by atoms with Crippen molar-refractivity contribution in [1.29, 1.82) is 0 Å². The second kappa shape index (κ2) is 8.62. The van der Waals surface area contributed by atoms with Crippen molar-refractivity contribution in [3.63, 3.8) is 0 Å². The zero-order valence-electron chi connectivity index (χ0n) is 19.9. The first-order valence-corrected chi connectivity index (χ1v) is 13.0. The molecule has 35 heavy (non-hydrogen) atoms. The first kappa shape index (κ1) is 23.3. The molecule has 2 amide bonds. The Morgan fingerprint density at radius 1 is 1.09 bits per heavy atom. The highest BCUT2D eigenvalue weighted by molar-refractivity contribution is 7.89. The third-order valence-electron chi connectivity index (χ3n) is 6.72. The number of para-hydroxylation sites is 1. The average Bonchev–Trinajstić information content (AvgIpc) is 3.40. The molecular formula is C25H27N5O4S. The van der Waals surface area contributed by atoms with E-state index in [0.717, 1.165) is 16.9 Å². The van der Waals surface area contributed by atoms with Crippen LogP contribution in [0, 0.1) is 13.8 Å². The Hall–Kier alpha value is -3.50. The van der Waals surface area contributed by atoms with E-state index in [0.29, 0.717) is 29.9 Å². The molecule has 1 N–H and O–H groups in total. The van der Waals surface area contributed by atoms with Crippen molar-refractivity contribution in [3.8, 4) is 5.69 Å². The van der Waals surface area contributed by atoms with Crippen molar-refractivity contribution >= 4 is 27.5 Å². The van der Waals surface area contributed by atoms with Gasteiger partial charge in [0.2, 0.25) is 21.8 Å². The van der Waals surface area contributed by atoms with Crippen LogP contribution in [0.15, 0.2) is 53.4 Å². The fourth-order valence-corrected chi connectivity index (χ4v) is 6.66. The van der Waals surface area contributed by atoms with Crippen LogP contribution in [-0.2, 0) is 26.0 Å². The van der Waals surface area contributed by atoms with E-state index in [1.807, 2.05) is 37.3 Å². The Bertz CT molecular complexity index is 1430. The maximum atomic E-state index is 13.9. The predicted molar refractivity (Wildman–Crippen MR) is 131 cm³/mol. The van der Waals surface area contributed by atoms with Gasteiger partial charge in [-0.25, -0.2) is 13.1 Å². The lowest BCUT2D eigenvalue weighted by Crippen LogP contribution is -2.52. The van der Waals surface area contributed by atoms with Gasteiger partial charge in [-0.1, -0.05) is 18.2 Å². The summed E-state index contributed by atoms with van der Waals surface area (Å²) < 4.78 is 30.8. The van der Waals surface area contributed by atoms with Crippen LogP contribution in [0.25, 0.3) is 5.69 Å². The molecule has 0 saturated carbocycles. The molecule has 0 bridgehead atoms. The number of sulfonamides is 1. The number of piperazine rings is 1. The van der Waals surface area contributed by atoms with Crippen LogP contribution >= 0.6 is 0 Å². The maximum Gasteiger partial charge on any atom is 0.244 e. The summed E-state index contributed by atoms with van der Waals surface area (Å²) in [7, 11) is -4.01. The van der Waals surface area contributed by atoms with E-state index in [9.17, 15) is 18.0 Å². The van der Waals surface area contributed by atoms with Gasteiger partial charge in [0.15, 0.2) is 0 Å². The number of amides is 2. The summed E-state index contributed by atoms with van der Waals surface area (Å²) in [5.41, 5.74) is 4.27. The molecule has 1 atom stereocenters. The minimum absolute atomic E-state index is 0.0755. The molecule has 5 rings (SSSR count). The quantitative estimate of drug-likeness (QED) is 0.600. The summed E-state index contributed by atoms with van der Waals surface area (Å²) in [5, 5.41) is 7.45. The van der Waals surface area contributed by atoms with Gasteiger partial charge in [-0.2, -0.15) is 9.40 Å². The lowest BCUT2D eigenvalue weighted by Gasteiger charge is -2.34. The normalized spacial score (nSPS) is 18.4. The molecule has 3 aromatic rings. The Labute approximate surface area is 204 Å². The van der Waals surface area contributed by atoms with Crippen molar-refractivity contribution in [2.24, 2.45) is 0 Å². The monoisotopic (exact) mass is 493 g/mol. The Morgan fingerprint density at radius 3 is 2.54 bits per heavy atom. The minimum Gasteiger partial charge on any atom is -0.353 e. The molecule has 10 heteroatoms. The molecule has 182 valence electrons. The molecule has 1 aromatic heterocycles. The molecule has 2 aliphatic heterocycles. The van der Waals surface area contributed by atoms with Gasteiger partial charge >= 0.3 is 0 Å². The van der Waals surface area contributed by atoms with Crippen LogP contribution < -0.4 is 10.2 Å². The zero-order valence-corrected chi connectivity index (χ0v) is 20.7. The van der Waals surface area contributed by atoms with Gasteiger partial charge in [-0.3, -0.25) is 9.59 Å². The molecule has 1 fully saturated rings. The van der Waals surface area contributed by atoms with Gasteiger partial charge in [-0.05, 0) is 56.2 Å². The first-order valence-electron chi connectivity index (χ1n) is 11.5. The third kappa shape index (κ3) is 3.82. The number of carbonyl (C=O) groups is 2. The van der Waals surface area contributed by atoms with Crippen LogP contribution in [-0.4, -0.2) is 54.0 Å². The number of benzene rings is 2. The van der Waals surface area contributed by atoms with Gasteiger partial charge in [0.25, 0.3) is 0 Å². The summed E-state index contributed by atoms with van der Waals surface area (Å²) in [6, 6.07) is 13.3. The van der Waals surface area contributed by atoms with Gasteiger partial charge in [0.1, 0.15) is 6.04 Å². The molecule has 3 heterocycles. The number of nitrogens with one attached hydrogen (secondary N) is 1. The SMILES string of the molecule is CC(=O)N1CCc2cc(S(=O)(=O)N3CCNC(=O)C3c3c(C)nn(-c4ccccc4)c3C)ccc21. The molecule has 2 aliphatic rings. The molecule has 1 saturated heterocycles. The van der Waals surface area contributed by atoms with E-state index in [4.69, 9.17) is 0 Å². The van der Waals surface area contributed by atoms with Gasteiger partial charge < -0.3 is 10.2 Å². The van der Waals surface area contributed by atoms with E-state index in [2.05, 4.69) is 10.4 Å². The van der Waals surface area contributed by atoms with E-state index < -0.39 is 16.1 Å². The van der Waals surface area contributed by atoms with E-state index in [1.54, 1.807) is 28.6 Å². The summed E-state index contributed by atoms with van der Waals surface area (Å²) in [6.07, 6.45) is 0.588. The molecule has 0 aliphatic carbocycles. The van der Waals surface area contributed by atoms with Crippen molar-refractivity contribution < 1.29 is 18.0 Å². The molecule has 9 nitrogen and oxygen atoms in total. The number of anilines is 1. The van der Waals surface area contributed by atoms with Gasteiger partial charge in [0.05, 0.1) is 16.3 Å². The van der Waals surface area contributed by atoms with Gasteiger partial charge in [0, 0.05) is 43.5 Å². The van der Waals surface area contributed by atoms with Crippen LogP contribution in [0.4, 0.5) is 5.69 Å². The smallest absolute Gasteiger partial charge is 0.244 e. The zero-order chi connectivity index (χ0) is 24.9. The lowest BCUT2D eigenvalue weighted by molar-refractivity contribution is -0.127. The standard InChI is InChI=1S/C25H27N5O4S/c1-16-23(17(2)30(27-16)20-7-5-4-6-8-20)24-25(32)26-12-14-29(24)35(33,34)21-9-10-22-19(15-21)11-13-28(22)18(3)31/h4-10,15,24H,11-14H2,1-3H3,(H,26,32). The predicted octanol–water partition coefficient (Wildman–Crippen LogP) is 2.26. The Kier molecular flexibility index (Phi) is 5.72. The highest BCUT2D eigenvalue weighted by Crippen LogP contribution is 2.36. The van der Waals surface area contributed by atoms with Crippen molar-refractivity contribution in [2.45, 2.75) is 38.1 Å². The fraction of sp³-hybridized carbons (Fsp3) is 0.320. The van der Waals surface area contributed by atoms with Crippen molar-refractivity contribution in [2.75, 3.05) is 24.5 Å². The third-order valence-corrected chi connectivity index (χ3v) is 8.58. The van der Waals surface area contributed by atoms with E-state index >= 15 is 0 Å². The minimum atomic E-state index is -4.01. The molecule has 0 spiro atoms. The van der Waals surface area contributed by atoms with Crippen LogP contribution in [0.1, 0.15) is 35.5 Å². The number of aryl methyl sites for hydroxylation is 1. The Morgan fingerprint density at radius 2 is 1.83 bits per heavy atom. The second-order valence-corrected chi connectivity index (χ2v) is 10.7. The second-order valence-electron chi connectivity index (χ2n) is 8.85. The summed E-state index contributed by atoms with van der Waals surface area (Å²) >= 11 is 0. The number of aromatic nitrogens is 2. The summed E-state index contributed by atoms with van der Waals surface area (Å²) in [4.78, 5) is 26.8. The fourth-order valence-electron chi connectivity index (χ4n) is 5.05. The van der Waals surface area contributed by atoms with E-state index in [1.165, 1.54) is 17.3 Å². The molecule has 2 aromatic carbocycles. The number of carbonyl (C=O) groups excluding carboxylic acids is 2. The summed E-state index contributed by atoms with van der Waals surface area (Å²) in [5.74, 6) is -0.448. The summed E-state index contributed by atoms with van der Waals surface area (Å²) in [6.45, 7) is 6.03. The van der Waals surface area contributed by atoms with Gasteiger partial charge in [-0.15, -0.1) is 0 Å². The molecule has 0 radical (unpaired) electrons. The molecule has 1 unspecified atom stereocenters. The lowest BCUT2D eigenvalue weighted by atomic mass is 10.0. The Balaban J connectivity index is 1.57. The maximum absolute atomic E-state index is 13.9. The number of hydrogen-bond acceptors (Lipinski definition) is 5. The highest BCUT2D eigenvalue weighted by atomic mass is 32.2. The van der Waals surface area contributed by atoms with Crippen LogP contribution in [0.2, 0.25) is 0 Å².